The smallest absolute Gasteiger partial charge is 0.305 e. The molecule has 5 nitrogen and oxygen atoms in total. The van der Waals surface area contributed by atoms with Crippen molar-refractivity contribution in [2.24, 2.45) is 5.92 Å². The molecular weight excluding hydrogens is 258 g/mol. The van der Waals surface area contributed by atoms with E-state index in [0.29, 0.717) is 31.4 Å². The molecule has 1 saturated carbocycles. The summed E-state index contributed by atoms with van der Waals surface area (Å²) in [6.45, 7) is 3.46. The number of esters is 1. The average Bonchev–Trinajstić information content (AvgIpc) is 2.40. The average molecular weight is 285 g/mol. The number of rotatable bonds is 10. The summed E-state index contributed by atoms with van der Waals surface area (Å²) in [5, 5.41) is 2.93. The first kappa shape index (κ1) is 17.0. The summed E-state index contributed by atoms with van der Waals surface area (Å²) in [7, 11) is 1.40. The lowest BCUT2D eigenvalue weighted by Crippen LogP contribution is -2.36. The third kappa shape index (κ3) is 6.89. The zero-order valence-corrected chi connectivity index (χ0v) is 12.7. The van der Waals surface area contributed by atoms with Gasteiger partial charge in [0.15, 0.2) is 0 Å². The molecule has 0 heterocycles. The molecular formula is C15H27NO4. The molecule has 0 radical (unpaired) electrons. The van der Waals surface area contributed by atoms with Crippen molar-refractivity contribution in [3.05, 3.63) is 0 Å². The molecule has 1 amide bonds. The van der Waals surface area contributed by atoms with Gasteiger partial charge < -0.3 is 14.8 Å². The number of ether oxygens (including phenoxy) is 2. The van der Waals surface area contributed by atoms with E-state index >= 15 is 0 Å². The molecule has 5 heteroatoms. The summed E-state index contributed by atoms with van der Waals surface area (Å²) < 4.78 is 10.0. The minimum Gasteiger partial charge on any atom is -0.469 e. The Morgan fingerprint density at radius 3 is 2.60 bits per heavy atom. The number of hydrogen-bond donors (Lipinski definition) is 1. The first-order chi connectivity index (χ1) is 9.65. The summed E-state index contributed by atoms with van der Waals surface area (Å²) in [5.41, 5.74) is 0. The van der Waals surface area contributed by atoms with E-state index in [1.165, 1.54) is 7.11 Å². The molecule has 0 atom stereocenters. The van der Waals surface area contributed by atoms with Crippen LogP contribution in [0.1, 0.15) is 51.9 Å². The molecule has 20 heavy (non-hydrogen) atoms. The number of methoxy groups -OCH3 is 1. The standard InChI is InChI=1S/C15H27NO4/c1-3-20-13-9-12(10-13)11-14(17)16-8-6-4-5-7-15(18)19-2/h12-13H,3-11H2,1-2H3,(H,16,17). The second kappa shape index (κ2) is 9.75. The number of hydrogen-bond acceptors (Lipinski definition) is 4. The minimum absolute atomic E-state index is 0.137. The molecule has 0 aliphatic heterocycles. The van der Waals surface area contributed by atoms with Crippen LogP contribution in [-0.4, -0.2) is 38.2 Å². The van der Waals surface area contributed by atoms with Gasteiger partial charge in [-0.05, 0) is 38.5 Å². The topological polar surface area (TPSA) is 64.6 Å². The molecule has 0 bridgehead atoms. The SMILES string of the molecule is CCOC1CC(CC(=O)NCCCCCC(=O)OC)C1. The molecule has 1 rings (SSSR count). The lowest BCUT2D eigenvalue weighted by molar-refractivity contribution is -0.140. The zero-order valence-electron chi connectivity index (χ0n) is 12.7. The quantitative estimate of drug-likeness (QED) is 0.493. The van der Waals surface area contributed by atoms with Gasteiger partial charge in [-0.3, -0.25) is 9.59 Å². The highest BCUT2D eigenvalue weighted by Crippen LogP contribution is 2.32. The van der Waals surface area contributed by atoms with E-state index in [1.54, 1.807) is 0 Å². The normalized spacial score (nSPS) is 21.1. The summed E-state index contributed by atoms with van der Waals surface area (Å²) in [4.78, 5) is 22.6. The van der Waals surface area contributed by atoms with Crippen LogP contribution in [0, 0.1) is 5.92 Å². The molecule has 0 spiro atoms. The highest BCUT2D eigenvalue weighted by Gasteiger charge is 2.30. The van der Waals surface area contributed by atoms with Crippen molar-refractivity contribution >= 4 is 11.9 Å². The maximum absolute atomic E-state index is 11.7. The van der Waals surface area contributed by atoms with Crippen molar-refractivity contribution < 1.29 is 19.1 Å². The fourth-order valence-electron chi connectivity index (χ4n) is 2.45. The van der Waals surface area contributed by atoms with Crippen molar-refractivity contribution in [2.75, 3.05) is 20.3 Å². The predicted molar refractivity (Wildman–Crippen MR) is 76.2 cm³/mol. The summed E-state index contributed by atoms with van der Waals surface area (Å²) in [6.07, 6.45) is 6.15. The van der Waals surface area contributed by atoms with Crippen LogP contribution in [0.15, 0.2) is 0 Å². The van der Waals surface area contributed by atoms with Crippen LogP contribution in [0.25, 0.3) is 0 Å². The fraction of sp³-hybridized carbons (Fsp3) is 0.867. The largest absolute Gasteiger partial charge is 0.469 e. The first-order valence-electron chi connectivity index (χ1n) is 7.60. The fourth-order valence-corrected chi connectivity index (χ4v) is 2.45. The van der Waals surface area contributed by atoms with Crippen molar-refractivity contribution in [2.45, 2.75) is 58.0 Å². The van der Waals surface area contributed by atoms with Crippen LogP contribution >= 0.6 is 0 Å². The van der Waals surface area contributed by atoms with Gasteiger partial charge in [-0.2, -0.15) is 0 Å². The molecule has 1 aliphatic carbocycles. The van der Waals surface area contributed by atoms with E-state index in [4.69, 9.17) is 4.74 Å². The van der Waals surface area contributed by atoms with Gasteiger partial charge >= 0.3 is 5.97 Å². The van der Waals surface area contributed by atoms with Gasteiger partial charge in [0.25, 0.3) is 0 Å². The second-order valence-corrected chi connectivity index (χ2v) is 5.36. The Labute approximate surface area is 121 Å². The predicted octanol–water partition coefficient (Wildman–Crippen LogP) is 2.04. The monoisotopic (exact) mass is 285 g/mol. The van der Waals surface area contributed by atoms with Gasteiger partial charge in [-0.1, -0.05) is 6.42 Å². The Morgan fingerprint density at radius 1 is 1.20 bits per heavy atom. The molecule has 116 valence electrons. The van der Waals surface area contributed by atoms with Crippen molar-refractivity contribution in [3.63, 3.8) is 0 Å². The Hall–Kier alpha value is -1.10. The summed E-state index contributed by atoms with van der Waals surface area (Å²) in [5.74, 6) is 0.465. The van der Waals surface area contributed by atoms with Crippen LogP contribution in [-0.2, 0) is 19.1 Å². The van der Waals surface area contributed by atoms with Crippen molar-refractivity contribution in [1.82, 2.24) is 5.32 Å². The number of nitrogens with one attached hydrogen (secondary N) is 1. The maximum atomic E-state index is 11.7. The van der Waals surface area contributed by atoms with Gasteiger partial charge in [-0.15, -0.1) is 0 Å². The summed E-state index contributed by atoms with van der Waals surface area (Å²) in [6, 6.07) is 0. The van der Waals surface area contributed by atoms with E-state index in [1.807, 2.05) is 6.92 Å². The zero-order chi connectivity index (χ0) is 14.8. The van der Waals surface area contributed by atoms with Crippen molar-refractivity contribution in [1.29, 1.82) is 0 Å². The highest BCUT2D eigenvalue weighted by molar-refractivity contribution is 5.76. The van der Waals surface area contributed by atoms with Crippen LogP contribution in [0.3, 0.4) is 0 Å². The van der Waals surface area contributed by atoms with Gasteiger partial charge in [0, 0.05) is 26.0 Å². The molecule has 1 aliphatic rings. The van der Waals surface area contributed by atoms with E-state index in [0.717, 1.165) is 38.7 Å². The maximum Gasteiger partial charge on any atom is 0.305 e. The van der Waals surface area contributed by atoms with Gasteiger partial charge in [-0.25, -0.2) is 0 Å². The minimum atomic E-state index is -0.164. The van der Waals surface area contributed by atoms with Crippen LogP contribution in [0.2, 0.25) is 0 Å². The Morgan fingerprint density at radius 2 is 1.95 bits per heavy atom. The third-order valence-electron chi connectivity index (χ3n) is 3.68. The van der Waals surface area contributed by atoms with Crippen LogP contribution in [0.4, 0.5) is 0 Å². The van der Waals surface area contributed by atoms with Crippen LogP contribution < -0.4 is 5.32 Å². The van der Waals surface area contributed by atoms with Crippen molar-refractivity contribution in [3.8, 4) is 0 Å². The summed E-state index contributed by atoms with van der Waals surface area (Å²) >= 11 is 0. The molecule has 0 aromatic heterocycles. The second-order valence-electron chi connectivity index (χ2n) is 5.36. The number of carbonyl (C=O) groups excluding carboxylic acids is 2. The molecule has 1 fully saturated rings. The Bertz CT molecular complexity index is 300. The Balaban J connectivity index is 1.90. The first-order valence-corrected chi connectivity index (χ1v) is 7.60. The van der Waals surface area contributed by atoms with Crippen LogP contribution in [0.5, 0.6) is 0 Å². The van der Waals surface area contributed by atoms with E-state index in [2.05, 4.69) is 10.1 Å². The molecule has 0 aromatic carbocycles. The Kier molecular flexibility index (Phi) is 8.26. The lowest BCUT2D eigenvalue weighted by Gasteiger charge is -2.34. The number of carbonyl (C=O) groups is 2. The molecule has 0 unspecified atom stereocenters. The van der Waals surface area contributed by atoms with E-state index < -0.39 is 0 Å². The third-order valence-corrected chi connectivity index (χ3v) is 3.68. The highest BCUT2D eigenvalue weighted by atomic mass is 16.5. The van der Waals surface area contributed by atoms with E-state index in [-0.39, 0.29) is 11.9 Å². The van der Waals surface area contributed by atoms with E-state index in [9.17, 15) is 9.59 Å². The molecule has 0 saturated heterocycles. The van der Waals surface area contributed by atoms with Gasteiger partial charge in [0.1, 0.15) is 0 Å². The molecule has 1 N–H and O–H groups in total. The number of unbranched alkanes of at least 4 members (excludes halogenated alkanes) is 2. The van der Waals surface area contributed by atoms with Gasteiger partial charge in [0.05, 0.1) is 13.2 Å². The lowest BCUT2D eigenvalue weighted by atomic mass is 9.80. The number of amides is 1. The molecule has 0 aromatic rings. The van der Waals surface area contributed by atoms with Gasteiger partial charge in [0.2, 0.25) is 5.91 Å².